The van der Waals surface area contributed by atoms with E-state index >= 15 is 0 Å². The summed E-state index contributed by atoms with van der Waals surface area (Å²) in [5, 5.41) is 0. The van der Waals surface area contributed by atoms with E-state index in [2.05, 4.69) is 0 Å². The van der Waals surface area contributed by atoms with Crippen molar-refractivity contribution >= 4 is 10.0 Å². The molecule has 0 aromatic heterocycles. The zero-order valence-electron chi connectivity index (χ0n) is 14.4. The van der Waals surface area contributed by atoms with E-state index in [0.717, 1.165) is 0 Å². The highest BCUT2D eigenvalue weighted by molar-refractivity contribution is 7.89. The minimum atomic E-state index is -4.65. The number of nitrogens with zero attached hydrogens (tertiary/aromatic N) is 1. The van der Waals surface area contributed by atoms with E-state index in [1.807, 2.05) is 0 Å². The number of ether oxygens (including phenoxy) is 2. The molecule has 5 nitrogen and oxygen atoms in total. The quantitative estimate of drug-likeness (QED) is 0.756. The Bertz CT molecular complexity index is 721. The van der Waals surface area contributed by atoms with E-state index in [9.17, 15) is 21.6 Å². The fraction of sp³-hybridized carbons (Fsp3) is 0.625. The lowest BCUT2D eigenvalue weighted by molar-refractivity contribution is -0.212. The number of benzene rings is 1. The molecule has 9 heteroatoms. The minimum absolute atomic E-state index is 0.0136. The summed E-state index contributed by atoms with van der Waals surface area (Å²) >= 11 is 0. The summed E-state index contributed by atoms with van der Waals surface area (Å²) in [7, 11) is -1.79. The summed E-state index contributed by atoms with van der Waals surface area (Å²) < 4.78 is 78.5. The van der Waals surface area contributed by atoms with Gasteiger partial charge in [0.15, 0.2) is 0 Å². The van der Waals surface area contributed by atoms with Gasteiger partial charge in [0, 0.05) is 12.6 Å². The molecule has 1 aromatic carbocycles. The van der Waals surface area contributed by atoms with Gasteiger partial charge >= 0.3 is 6.18 Å². The van der Waals surface area contributed by atoms with E-state index in [4.69, 9.17) is 9.47 Å². The standard InChI is InChI=1S/C16H22F3NO4S/c1-4-8-15(16(17,18)19)9-5-10-20(15)25(21,22)14-11-12(23-2)6-7-13(14)24-3/h6-7,11H,4-5,8-10H2,1-3H3. The molecule has 0 radical (unpaired) electrons. The van der Waals surface area contributed by atoms with Crippen LogP contribution in [0.1, 0.15) is 32.6 Å². The topological polar surface area (TPSA) is 55.8 Å². The first kappa shape index (κ1) is 19.8. The molecular weight excluding hydrogens is 359 g/mol. The number of halogens is 3. The highest BCUT2D eigenvalue weighted by atomic mass is 32.2. The predicted octanol–water partition coefficient (Wildman–Crippen LogP) is 3.59. The van der Waals surface area contributed by atoms with Crippen LogP contribution in [0.3, 0.4) is 0 Å². The third-order valence-electron chi connectivity index (χ3n) is 4.56. The van der Waals surface area contributed by atoms with Gasteiger partial charge in [-0.05, 0) is 31.4 Å². The van der Waals surface area contributed by atoms with Gasteiger partial charge in [-0.3, -0.25) is 0 Å². The van der Waals surface area contributed by atoms with Crippen molar-refractivity contribution in [1.29, 1.82) is 0 Å². The van der Waals surface area contributed by atoms with Crippen LogP contribution in [0.15, 0.2) is 23.1 Å². The van der Waals surface area contributed by atoms with Crippen LogP contribution < -0.4 is 9.47 Å². The molecule has 0 saturated carbocycles. The molecule has 1 aliphatic heterocycles. The Morgan fingerprint density at radius 2 is 1.92 bits per heavy atom. The van der Waals surface area contributed by atoms with Crippen molar-refractivity contribution < 1.29 is 31.1 Å². The van der Waals surface area contributed by atoms with Gasteiger partial charge in [0.25, 0.3) is 0 Å². The maximum atomic E-state index is 13.9. The van der Waals surface area contributed by atoms with Crippen molar-refractivity contribution in [3.05, 3.63) is 18.2 Å². The lowest BCUT2D eigenvalue weighted by Crippen LogP contribution is -2.57. The average Bonchev–Trinajstić information content (AvgIpc) is 3.00. The lowest BCUT2D eigenvalue weighted by Gasteiger charge is -2.39. The van der Waals surface area contributed by atoms with Crippen molar-refractivity contribution in [3.8, 4) is 11.5 Å². The van der Waals surface area contributed by atoms with Gasteiger partial charge in [0.2, 0.25) is 10.0 Å². The highest BCUT2D eigenvalue weighted by Crippen LogP contribution is 2.49. The Morgan fingerprint density at radius 3 is 2.44 bits per heavy atom. The molecule has 1 atom stereocenters. The van der Waals surface area contributed by atoms with Gasteiger partial charge in [-0.15, -0.1) is 0 Å². The largest absolute Gasteiger partial charge is 0.497 e. The smallest absolute Gasteiger partial charge is 0.407 e. The lowest BCUT2D eigenvalue weighted by atomic mass is 9.91. The third kappa shape index (κ3) is 3.31. The molecule has 0 spiro atoms. The second kappa shape index (κ2) is 7.03. The SMILES string of the molecule is CCCC1(C(F)(F)F)CCCN1S(=O)(=O)c1cc(OC)ccc1OC. The molecule has 1 fully saturated rings. The zero-order valence-corrected chi connectivity index (χ0v) is 15.2. The molecule has 25 heavy (non-hydrogen) atoms. The van der Waals surface area contributed by atoms with Crippen LogP contribution in [0.5, 0.6) is 11.5 Å². The second-order valence-corrected chi connectivity index (χ2v) is 7.81. The van der Waals surface area contributed by atoms with E-state index in [1.165, 1.54) is 32.4 Å². The van der Waals surface area contributed by atoms with Crippen molar-refractivity contribution in [1.82, 2.24) is 4.31 Å². The number of sulfonamides is 1. The number of rotatable bonds is 6. The van der Waals surface area contributed by atoms with Gasteiger partial charge in [-0.2, -0.15) is 17.5 Å². The fourth-order valence-corrected chi connectivity index (χ4v) is 5.42. The van der Waals surface area contributed by atoms with Crippen molar-refractivity contribution in [2.45, 2.75) is 49.2 Å². The van der Waals surface area contributed by atoms with Gasteiger partial charge in [-0.1, -0.05) is 13.3 Å². The first-order valence-electron chi connectivity index (χ1n) is 7.95. The Kier molecular flexibility index (Phi) is 5.58. The van der Waals surface area contributed by atoms with Gasteiger partial charge in [-0.25, -0.2) is 8.42 Å². The average molecular weight is 381 g/mol. The summed E-state index contributed by atoms with van der Waals surface area (Å²) in [6, 6.07) is 4.06. The molecule has 1 saturated heterocycles. The number of methoxy groups -OCH3 is 2. The van der Waals surface area contributed by atoms with Crippen molar-refractivity contribution in [3.63, 3.8) is 0 Å². The molecule has 1 aliphatic rings. The summed E-state index contributed by atoms with van der Waals surface area (Å²) in [5.41, 5.74) is -2.38. The van der Waals surface area contributed by atoms with Crippen LogP contribution in [0, 0.1) is 0 Å². The summed E-state index contributed by atoms with van der Waals surface area (Å²) in [6.07, 6.45) is -4.79. The Labute approximate surface area is 145 Å². The number of hydrogen-bond donors (Lipinski definition) is 0. The van der Waals surface area contributed by atoms with Crippen LogP contribution in [0.2, 0.25) is 0 Å². The first-order valence-corrected chi connectivity index (χ1v) is 9.39. The monoisotopic (exact) mass is 381 g/mol. The molecule has 1 aromatic rings. The Balaban J connectivity index is 2.62. The first-order chi connectivity index (χ1) is 11.6. The van der Waals surface area contributed by atoms with E-state index in [1.54, 1.807) is 6.92 Å². The molecule has 0 bridgehead atoms. The van der Waals surface area contributed by atoms with Crippen LogP contribution in [0.25, 0.3) is 0 Å². The van der Waals surface area contributed by atoms with Crippen molar-refractivity contribution in [2.75, 3.05) is 20.8 Å². The van der Waals surface area contributed by atoms with E-state index in [-0.39, 0.29) is 48.6 Å². The molecule has 1 heterocycles. The minimum Gasteiger partial charge on any atom is -0.497 e. The molecular formula is C16H22F3NO4S. The number of hydrogen-bond acceptors (Lipinski definition) is 4. The third-order valence-corrected chi connectivity index (χ3v) is 6.55. The maximum Gasteiger partial charge on any atom is 0.407 e. The normalized spacial score (nSPS) is 22.2. The Morgan fingerprint density at radius 1 is 1.24 bits per heavy atom. The maximum absolute atomic E-state index is 13.9. The molecule has 0 aliphatic carbocycles. The van der Waals surface area contributed by atoms with Gasteiger partial charge in [0.1, 0.15) is 21.9 Å². The highest BCUT2D eigenvalue weighted by Gasteiger charge is 2.63. The number of alkyl halides is 3. The predicted molar refractivity (Wildman–Crippen MR) is 86.4 cm³/mol. The molecule has 0 N–H and O–H groups in total. The molecule has 2 rings (SSSR count). The van der Waals surface area contributed by atoms with Crippen LogP contribution in [-0.4, -0.2) is 45.2 Å². The summed E-state index contributed by atoms with van der Waals surface area (Å²) in [5.74, 6) is 0.215. The van der Waals surface area contributed by atoms with E-state index in [0.29, 0.717) is 4.31 Å². The summed E-state index contributed by atoms with van der Waals surface area (Å²) in [6.45, 7) is 1.44. The van der Waals surface area contributed by atoms with Gasteiger partial charge in [0.05, 0.1) is 14.2 Å². The molecule has 1 unspecified atom stereocenters. The zero-order chi connectivity index (χ0) is 18.9. The summed E-state index contributed by atoms with van der Waals surface area (Å²) in [4.78, 5) is -0.319. The molecule has 0 amide bonds. The fourth-order valence-electron chi connectivity index (χ4n) is 3.40. The van der Waals surface area contributed by atoms with Crippen LogP contribution in [0.4, 0.5) is 13.2 Å². The second-order valence-electron chi connectivity index (χ2n) is 5.98. The van der Waals surface area contributed by atoms with Crippen LogP contribution in [-0.2, 0) is 10.0 Å². The molecule has 142 valence electrons. The Hall–Kier alpha value is -1.48. The van der Waals surface area contributed by atoms with Crippen molar-refractivity contribution in [2.24, 2.45) is 0 Å². The van der Waals surface area contributed by atoms with Gasteiger partial charge < -0.3 is 9.47 Å². The van der Waals surface area contributed by atoms with Crippen LogP contribution >= 0.6 is 0 Å². The van der Waals surface area contributed by atoms with E-state index < -0.39 is 21.7 Å².